The number of rotatable bonds is 5. The third kappa shape index (κ3) is 3.58. The Bertz CT molecular complexity index is 990. The van der Waals surface area contributed by atoms with Crippen molar-refractivity contribution in [1.29, 1.82) is 0 Å². The van der Waals surface area contributed by atoms with E-state index in [9.17, 15) is 4.79 Å². The second-order valence-corrected chi connectivity index (χ2v) is 6.79. The lowest BCUT2D eigenvalue weighted by Gasteiger charge is -2.08. The van der Waals surface area contributed by atoms with Crippen molar-refractivity contribution in [2.75, 3.05) is 0 Å². The summed E-state index contributed by atoms with van der Waals surface area (Å²) in [7, 11) is 0. The maximum Gasteiger partial charge on any atom is 0.251 e. The van der Waals surface area contributed by atoms with Crippen molar-refractivity contribution in [2.45, 2.75) is 6.54 Å². The van der Waals surface area contributed by atoms with Gasteiger partial charge in [0.15, 0.2) is 0 Å². The smallest absolute Gasteiger partial charge is 0.251 e. The normalized spacial score (nSPS) is 10.6. The third-order valence-corrected chi connectivity index (χ3v) is 4.98. The van der Waals surface area contributed by atoms with Crippen LogP contribution in [0.25, 0.3) is 16.3 Å². The average Bonchev–Trinajstić information content (AvgIpc) is 3.40. The molecule has 128 valence electrons. The van der Waals surface area contributed by atoms with E-state index >= 15 is 0 Å². The van der Waals surface area contributed by atoms with Crippen LogP contribution in [0.4, 0.5) is 0 Å². The van der Waals surface area contributed by atoms with Crippen molar-refractivity contribution in [3.05, 3.63) is 95.8 Å². The molecule has 0 saturated carbocycles. The van der Waals surface area contributed by atoms with Crippen LogP contribution in [0, 0.1) is 0 Å². The van der Waals surface area contributed by atoms with E-state index in [4.69, 9.17) is 0 Å². The van der Waals surface area contributed by atoms with Gasteiger partial charge in [0.25, 0.3) is 5.91 Å². The molecule has 26 heavy (non-hydrogen) atoms. The molecule has 0 saturated heterocycles. The number of thiophene rings is 1. The summed E-state index contributed by atoms with van der Waals surface area (Å²) in [5.41, 5.74) is 3.64. The van der Waals surface area contributed by atoms with Gasteiger partial charge in [-0.15, -0.1) is 11.3 Å². The second-order valence-electron chi connectivity index (χ2n) is 5.85. The van der Waals surface area contributed by atoms with E-state index in [1.807, 2.05) is 83.0 Å². The summed E-state index contributed by atoms with van der Waals surface area (Å²) in [6, 6.07) is 19.5. The zero-order valence-electron chi connectivity index (χ0n) is 14.0. The van der Waals surface area contributed by atoms with Crippen molar-refractivity contribution in [2.24, 2.45) is 0 Å². The van der Waals surface area contributed by atoms with Crippen molar-refractivity contribution in [1.82, 2.24) is 14.9 Å². The first-order chi connectivity index (χ1) is 12.8. The molecule has 0 radical (unpaired) electrons. The summed E-state index contributed by atoms with van der Waals surface area (Å²) in [5, 5.41) is 5.00. The van der Waals surface area contributed by atoms with Gasteiger partial charge in [-0.05, 0) is 65.5 Å². The van der Waals surface area contributed by atoms with E-state index in [0.29, 0.717) is 12.1 Å². The van der Waals surface area contributed by atoms with Gasteiger partial charge in [-0.25, -0.2) is 0 Å². The number of carbonyl (C=O) groups is 1. The predicted molar refractivity (Wildman–Crippen MR) is 104 cm³/mol. The van der Waals surface area contributed by atoms with Crippen LogP contribution >= 0.6 is 11.3 Å². The van der Waals surface area contributed by atoms with E-state index < -0.39 is 0 Å². The van der Waals surface area contributed by atoms with Crippen LogP contribution in [0.5, 0.6) is 0 Å². The Morgan fingerprint density at radius 1 is 1.04 bits per heavy atom. The summed E-state index contributed by atoms with van der Waals surface area (Å²) < 4.78 is 2.00. The van der Waals surface area contributed by atoms with E-state index in [1.165, 1.54) is 0 Å². The van der Waals surface area contributed by atoms with Gasteiger partial charge in [0, 0.05) is 36.4 Å². The van der Waals surface area contributed by atoms with Crippen molar-refractivity contribution < 1.29 is 4.79 Å². The van der Waals surface area contributed by atoms with E-state index in [-0.39, 0.29) is 5.91 Å². The molecule has 3 heterocycles. The third-order valence-electron chi connectivity index (χ3n) is 4.08. The largest absolute Gasteiger partial charge is 0.348 e. The highest BCUT2D eigenvalue weighted by Gasteiger charge is 2.07. The van der Waals surface area contributed by atoms with Crippen molar-refractivity contribution in [3.63, 3.8) is 0 Å². The highest BCUT2D eigenvalue weighted by molar-refractivity contribution is 7.13. The zero-order valence-corrected chi connectivity index (χ0v) is 14.8. The first-order valence-corrected chi connectivity index (χ1v) is 9.18. The molecule has 0 aliphatic carbocycles. The number of amides is 1. The number of carbonyl (C=O) groups excluding carboxylic acids is 1. The Balaban J connectivity index is 1.42. The number of nitrogens with zero attached hydrogens (tertiary/aromatic N) is 2. The average molecular weight is 359 g/mol. The van der Waals surface area contributed by atoms with Crippen LogP contribution in [-0.4, -0.2) is 15.5 Å². The Morgan fingerprint density at radius 2 is 1.85 bits per heavy atom. The number of nitrogens with one attached hydrogen (secondary N) is 1. The Labute approximate surface area is 155 Å². The zero-order chi connectivity index (χ0) is 17.8. The Morgan fingerprint density at radius 3 is 2.58 bits per heavy atom. The maximum atomic E-state index is 12.4. The standard InChI is InChI=1S/C21H17N3OS/c25-21(17-5-7-18(8-6-17)24-11-1-2-12-24)23-15-16-9-10-22-19(14-16)20-4-3-13-26-20/h1-14H,15H2,(H,23,25). The van der Waals surface area contributed by atoms with E-state index in [2.05, 4.69) is 10.3 Å². The summed E-state index contributed by atoms with van der Waals surface area (Å²) in [6.45, 7) is 0.471. The molecular weight excluding hydrogens is 342 g/mol. The number of pyridine rings is 1. The van der Waals surface area contributed by atoms with Crippen molar-refractivity contribution in [3.8, 4) is 16.3 Å². The van der Waals surface area contributed by atoms with Gasteiger partial charge in [-0.3, -0.25) is 9.78 Å². The monoisotopic (exact) mass is 359 g/mol. The molecule has 1 aromatic carbocycles. The van der Waals surface area contributed by atoms with Crippen LogP contribution in [0.1, 0.15) is 15.9 Å². The quantitative estimate of drug-likeness (QED) is 0.569. The van der Waals surface area contributed by atoms with Crippen LogP contribution in [0.15, 0.2) is 84.6 Å². The van der Waals surface area contributed by atoms with E-state index in [0.717, 1.165) is 21.8 Å². The molecule has 0 fully saturated rings. The van der Waals surface area contributed by atoms with Gasteiger partial charge in [0.2, 0.25) is 0 Å². The van der Waals surface area contributed by atoms with E-state index in [1.54, 1.807) is 17.5 Å². The van der Waals surface area contributed by atoms with Gasteiger partial charge in [0.1, 0.15) is 0 Å². The molecular formula is C21H17N3OS. The summed E-state index contributed by atoms with van der Waals surface area (Å²) in [5.74, 6) is -0.0847. The summed E-state index contributed by atoms with van der Waals surface area (Å²) >= 11 is 1.65. The predicted octanol–water partition coefficient (Wildman–Crippen LogP) is 4.53. The molecule has 4 nitrogen and oxygen atoms in total. The molecule has 0 unspecified atom stereocenters. The maximum absolute atomic E-state index is 12.4. The minimum atomic E-state index is -0.0847. The molecule has 0 atom stereocenters. The van der Waals surface area contributed by atoms with Crippen LogP contribution in [0.3, 0.4) is 0 Å². The number of hydrogen-bond donors (Lipinski definition) is 1. The van der Waals surface area contributed by atoms with Gasteiger partial charge in [0.05, 0.1) is 10.6 Å². The number of benzene rings is 1. The first-order valence-electron chi connectivity index (χ1n) is 8.30. The fourth-order valence-corrected chi connectivity index (χ4v) is 3.41. The van der Waals surface area contributed by atoms with Crippen LogP contribution in [0.2, 0.25) is 0 Å². The fraction of sp³-hybridized carbons (Fsp3) is 0.0476. The lowest BCUT2D eigenvalue weighted by atomic mass is 10.1. The van der Waals surface area contributed by atoms with Gasteiger partial charge in [-0.2, -0.15) is 0 Å². The molecule has 4 rings (SSSR count). The molecule has 0 bridgehead atoms. The Kier molecular flexibility index (Phi) is 4.62. The molecule has 1 amide bonds. The number of aromatic nitrogens is 2. The summed E-state index contributed by atoms with van der Waals surface area (Å²) in [4.78, 5) is 17.9. The molecule has 4 aromatic rings. The Hall–Kier alpha value is -3.18. The minimum absolute atomic E-state index is 0.0847. The summed E-state index contributed by atoms with van der Waals surface area (Å²) in [6.07, 6.45) is 5.73. The highest BCUT2D eigenvalue weighted by atomic mass is 32.1. The van der Waals surface area contributed by atoms with Crippen molar-refractivity contribution >= 4 is 17.2 Å². The topological polar surface area (TPSA) is 46.9 Å². The van der Waals surface area contributed by atoms with Gasteiger partial charge < -0.3 is 9.88 Å². The lowest BCUT2D eigenvalue weighted by molar-refractivity contribution is 0.0951. The SMILES string of the molecule is O=C(NCc1ccnc(-c2cccs2)c1)c1ccc(-n2cccc2)cc1. The highest BCUT2D eigenvalue weighted by Crippen LogP contribution is 2.23. The molecule has 3 aromatic heterocycles. The van der Waals surface area contributed by atoms with Gasteiger partial charge in [-0.1, -0.05) is 6.07 Å². The van der Waals surface area contributed by atoms with Crippen LogP contribution < -0.4 is 5.32 Å². The fourth-order valence-electron chi connectivity index (χ4n) is 2.72. The molecule has 5 heteroatoms. The molecule has 0 aliphatic heterocycles. The minimum Gasteiger partial charge on any atom is -0.348 e. The number of hydrogen-bond acceptors (Lipinski definition) is 3. The second kappa shape index (κ2) is 7.37. The lowest BCUT2D eigenvalue weighted by Crippen LogP contribution is -2.22. The van der Waals surface area contributed by atoms with Crippen LogP contribution in [-0.2, 0) is 6.54 Å². The molecule has 0 aliphatic rings. The van der Waals surface area contributed by atoms with Gasteiger partial charge >= 0.3 is 0 Å². The molecule has 1 N–H and O–H groups in total. The first kappa shape index (κ1) is 16.3. The molecule has 0 spiro atoms.